The van der Waals surface area contributed by atoms with E-state index in [1.54, 1.807) is 0 Å². The van der Waals surface area contributed by atoms with E-state index in [-0.39, 0.29) is 18.4 Å². The Kier molecular flexibility index (Phi) is 8.93. The normalized spacial score (nSPS) is 16.3. The van der Waals surface area contributed by atoms with Crippen LogP contribution in [0.15, 0.2) is 52.3 Å². The predicted molar refractivity (Wildman–Crippen MR) is 130 cm³/mol. The molecule has 2 heterocycles. The number of para-hydroxylation sites is 1. The van der Waals surface area contributed by atoms with E-state index in [1.807, 2.05) is 17.8 Å². The van der Waals surface area contributed by atoms with Crippen LogP contribution < -0.4 is 4.90 Å². The summed E-state index contributed by atoms with van der Waals surface area (Å²) in [4.78, 5) is 20.8. The molecule has 0 bridgehead atoms. The van der Waals surface area contributed by atoms with Gasteiger partial charge in [0, 0.05) is 61.0 Å². The van der Waals surface area contributed by atoms with Crippen molar-refractivity contribution in [2.75, 3.05) is 57.3 Å². The van der Waals surface area contributed by atoms with Gasteiger partial charge in [0.25, 0.3) is 0 Å². The molecule has 0 aromatic heterocycles. The number of anilines is 2. The van der Waals surface area contributed by atoms with Crippen molar-refractivity contribution in [2.24, 2.45) is 0 Å². The van der Waals surface area contributed by atoms with E-state index in [0.717, 1.165) is 57.3 Å². The molecule has 2 aromatic carbocycles. The van der Waals surface area contributed by atoms with E-state index in [9.17, 15) is 4.79 Å². The fourth-order valence-corrected chi connectivity index (χ4v) is 5.29. The number of piperazine rings is 1. The van der Waals surface area contributed by atoms with E-state index in [0.29, 0.717) is 6.61 Å². The van der Waals surface area contributed by atoms with Crippen molar-refractivity contribution in [2.45, 2.75) is 23.1 Å². The van der Waals surface area contributed by atoms with E-state index in [4.69, 9.17) is 16.3 Å². The van der Waals surface area contributed by atoms with E-state index in [1.165, 1.54) is 28.1 Å². The molecule has 0 amide bonds. The van der Waals surface area contributed by atoms with E-state index < -0.39 is 0 Å². The van der Waals surface area contributed by atoms with Crippen LogP contribution in [-0.4, -0.2) is 68.2 Å². The Labute approximate surface area is 200 Å². The summed E-state index contributed by atoms with van der Waals surface area (Å²) in [6, 6.07) is 14.8. The first-order valence-corrected chi connectivity index (χ1v) is 11.7. The Balaban J connectivity index is 0.00000272. The topological polar surface area (TPSA) is 36.0 Å². The monoisotopic (exact) mass is 481 g/mol. The number of carbonyl (C=O) groups excluding carboxylic acids is 1. The number of esters is 1. The molecule has 0 radical (unpaired) electrons. The molecule has 0 aliphatic carbocycles. The number of carbonyl (C=O) groups is 1. The predicted octanol–water partition coefficient (Wildman–Crippen LogP) is 4.94. The van der Waals surface area contributed by atoms with Crippen molar-refractivity contribution in [3.63, 3.8) is 0 Å². The SMILES string of the molecule is CC(=O)OCCN1CCN(CCCN2c3ccccc3Sc3ccc(Cl)cc32)CC1.Cl. The van der Waals surface area contributed by atoms with Gasteiger partial charge in [-0.05, 0) is 43.3 Å². The van der Waals surface area contributed by atoms with Gasteiger partial charge in [0.2, 0.25) is 0 Å². The lowest BCUT2D eigenvalue weighted by atomic mass is 10.2. The molecule has 2 aliphatic heterocycles. The van der Waals surface area contributed by atoms with Crippen LogP contribution in [0.5, 0.6) is 0 Å². The molecule has 8 heteroatoms. The van der Waals surface area contributed by atoms with E-state index >= 15 is 0 Å². The lowest BCUT2D eigenvalue weighted by Gasteiger charge is -2.36. The van der Waals surface area contributed by atoms with Gasteiger partial charge in [-0.1, -0.05) is 35.5 Å². The molecule has 0 unspecified atom stereocenters. The summed E-state index contributed by atoms with van der Waals surface area (Å²) in [5.74, 6) is -0.200. The lowest BCUT2D eigenvalue weighted by Crippen LogP contribution is -2.47. The van der Waals surface area contributed by atoms with Crippen molar-refractivity contribution in [3.8, 4) is 0 Å². The number of rotatable bonds is 7. The summed E-state index contributed by atoms with van der Waals surface area (Å²) in [6.07, 6.45) is 1.10. The van der Waals surface area contributed by atoms with Crippen molar-refractivity contribution in [3.05, 3.63) is 47.5 Å². The van der Waals surface area contributed by atoms with Gasteiger partial charge in [0.15, 0.2) is 0 Å². The van der Waals surface area contributed by atoms with Gasteiger partial charge >= 0.3 is 5.97 Å². The number of hydrogen-bond donors (Lipinski definition) is 0. The highest BCUT2D eigenvalue weighted by Crippen LogP contribution is 2.48. The molecule has 31 heavy (non-hydrogen) atoms. The molecule has 4 rings (SSSR count). The minimum atomic E-state index is -0.200. The molecule has 1 saturated heterocycles. The summed E-state index contributed by atoms with van der Waals surface area (Å²) < 4.78 is 5.06. The number of ether oxygens (including phenoxy) is 1. The third-order valence-corrected chi connectivity index (χ3v) is 6.99. The second-order valence-electron chi connectivity index (χ2n) is 7.71. The Morgan fingerprint density at radius 1 is 0.968 bits per heavy atom. The minimum Gasteiger partial charge on any atom is -0.465 e. The maximum atomic E-state index is 10.9. The Hall–Kier alpha value is -1.44. The Morgan fingerprint density at radius 3 is 2.39 bits per heavy atom. The zero-order chi connectivity index (χ0) is 20.9. The maximum absolute atomic E-state index is 10.9. The van der Waals surface area contributed by atoms with Crippen LogP contribution in [0.25, 0.3) is 0 Å². The van der Waals surface area contributed by atoms with Crippen LogP contribution in [0.4, 0.5) is 11.4 Å². The molecule has 5 nitrogen and oxygen atoms in total. The molecule has 168 valence electrons. The second-order valence-corrected chi connectivity index (χ2v) is 9.23. The van der Waals surface area contributed by atoms with Gasteiger partial charge in [0.1, 0.15) is 6.61 Å². The Bertz CT molecular complexity index is 891. The average Bonchev–Trinajstić information content (AvgIpc) is 2.74. The molecule has 0 atom stereocenters. The van der Waals surface area contributed by atoms with Gasteiger partial charge in [-0.15, -0.1) is 12.4 Å². The highest BCUT2D eigenvalue weighted by Gasteiger charge is 2.24. The summed E-state index contributed by atoms with van der Waals surface area (Å²) in [6.45, 7) is 9.02. The molecule has 2 aliphatic rings. The highest BCUT2D eigenvalue weighted by atomic mass is 35.5. The van der Waals surface area contributed by atoms with Crippen LogP contribution in [0.3, 0.4) is 0 Å². The van der Waals surface area contributed by atoms with Crippen molar-refractivity contribution in [1.82, 2.24) is 9.80 Å². The number of hydrogen-bond acceptors (Lipinski definition) is 6. The first kappa shape index (κ1) is 24.2. The van der Waals surface area contributed by atoms with Crippen LogP contribution in [-0.2, 0) is 9.53 Å². The molecular formula is C23H29Cl2N3O2S. The fraction of sp³-hybridized carbons (Fsp3) is 0.435. The molecule has 0 saturated carbocycles. The number of benzene rings is 2. The summed E-state index contributed by atoms with van der Waals surface area (Å²) in [7, 11) is 0. The zero-order valence-corrected chi connectivity index (χ0v) is 20.1. The van der Waals surface area contributed by atoms with Gasteiger partial charge in [-0.2, -0.15) is 0 Å². The number of nitrogens with zero attached hydrogens (tertiary/aromatic N) is 3. The molecule has 0 N–H and O–H groups in total. The van der Waals surface area contributed by atoms with Crippen molar-refractivity contribution in [1.29, 1.82) is 0 Å². The van der Waals surface area contributed by atoms with Crippen molar-refractivity contribution < 1.29 is 9.53 Å². The van der Waals surface area contributed by atoms with Crippen molar-refractivity contribution >= 4 is 53.1 Å². The molecular weight excluding hydrogens is 453 g/mol. The Morgan fingerprint density at radius 2 is 1.65 bits per heavy atom. The first-order valence-electron chi connectivity index (χ1n) is 10.5. The third kappa shape index (κ3) is 6.30. The average molecular weight is 482 g/mol. The summed E-state index contributed by atoms with van der Waals surface area (Å²) in [5.41, 5.74) is 2.48. The van der Waals surface area contributed by atoms with E-state index in [2.05, 4.69) is 51.1 Å². The highest BCUT2D eigenvalue weighted by molar-refractivity contribution is 7.99. The second kappa shape index (κ2) is 11.4. The quantitative estimate of drug-likeness (QED) is 0.521. The smallest absolute Gasteiger partial charge is 0.302 e. The van der Waals surface area contributed by atoms with Gasteiger partial charge in [-0.3, -0.25) is 9.69 Å². The molecule has 1 fully saturated rings. The fourth-order valence-electron chi connectivity index (χ4n) is 4.05. The van der Waals surface area contributed by atoms with Gasteiger partial charge < -0.3 is 14.5 Å². The maximum Gasteiger partial charge on any atom is 0.302 e. The van der Waals surface area contributed by atoms with Crippen LogP contribution >= 0.6 is 35.8 Å². The standard InChI is InChI=1S/C23H28ClN3O2S.ClH/c1-18(28)29-16-15-26-13-11-25(12-14-26)9-4-10-27-20-5-2-3-6-22(20)30-23-8-7-19(24)17-21(23)27;/h2-3,5-8,17H,4,9-16H2,1H3;1H. The number of halogens is 2. The first-order chi connectivity index (χ1) is 14.6. The minimum absolute atomic E-state index is 0. The zero-order valence-electron chi connectivity index (χ0n) is 17.8. The van der Waals surface area contributed by atoms with Crippen LogP contribution in [0.2, 0.25) is 5.02 Å². The van der Waals surface area contributed by atoms with Gasteiger partial charge in [-0.25, -0.2) is 0 Å². The van der Waals surface area contributed by atoms with Crippen LogP contribution in [0.1, 0.15) is 13.3 Å². The molecule has 0 spiro atoms. The largest absolute Gasteiger partial charge is 0.465 e. The lowest BCUT2D eigenvalue weighted by molar-refractivity contribution is -0.141. The molecule has 2 aromatic rings. The summed E-state index contributed by atoms with van der Waals surface area (Å²) in [5, 5.41) is 0.781. The number of fused-ring (bicyclic) bond motifs is 2. The van der Waals surface area contributed by atoms with Crippen LogP contribution in [0, 0.1) is 0 Å². The van der Waals surface area contributed by atoms with Gasteiger partial charge in [0.05, 0.1) is 11.4 Å². The third-order valence-electron chi connectivity index (χ3n) is 5.62. The summed E-state index contributed by atoms with van der Waals surface area (Å²) >= 11 is 8.13.